The Hall–Kier alpha value is -0.650. The predicted octanol–water partition coefficient (Wildman–Crippen LogP) is 0.681. The van der Waals surface area contributed by atoms with Gasteiger partial charge < -0.3 is 15.4 Å². The number of hydrogen-bond acceptors (Lipinski definition) is 5. The molecule has 0 aliphatic heterocycles. The van der Waals surface area contributed by atoms with Crippen molar-refractivity contribution in [3.05, 3.63) is 0 Å². The number of carbonyl (C=O) groups excluding carboxylic acids is 1. The van der Waals surface area contributed by atoms with Gasteiger partial charge >= 0.3 is 5.97 Å². The van der Waals surface area contributed by atoms with Crippen molar-refractivity contribution in [3.63, 3.8) is 0 Å². The number of methoxy groups -OCH3 is 1. The van der Waals surface area contributed by atoms with Crippen LogP contribution in [0.1, 0.15) is 33.1 Å². The molecule has 0 heterocycles. The van der Waals surface area contributed by atoms with Crippen molar-refractivity contribution in [2.75, 3.05) is 34.3 Å². The van der Waals surface area contributed by atoms with Gasteiger partial charge in [-0.1, -0.05) is 6.92 Å². The van der Waals surface area contributed by atoms with Crippen molar-refractivity contribution in [1.82, 2.24) is 9.80 Å². The third kappa shape index (κ3) is 3.91. The summed E-state index contributed by atoms with van der Waals surface area (Å²) in [6.07, 6.45) is 2.39. The van der Waals surface area contributed by atoms with Crippen molar-refractivity contribution >= 4 is 5.97 Å². The highest BCUT2D eigenvalue weighted by molar-refractivity contribution is 5.81. The second kappa shape index (κ2) is 6.68. The summed E-state index contributed by atoms with van der Waals surface area (Å²) in [6.45, 7) is 6.40. The summed E-state index contributed by atoms with van der Waals surface area (Å²) in [5, 5.41) is 0. The monoisotopic (exact) mass is 271 g/mol. The number of hydrogen-bond donors (Lipinski definition) is 1. The molecule has 1 rings (SSSR count). The molecule has 1 fully saturated rings. The second-order valence-corrected chi connectivity index (χ2v) is 5.99. The summed E-state index contributed by atoms with van der Waals surface area (Å²) < 4.78 is 4.83. The molecule has 3 atom stereocenters. The highest BCUT2D eigenvalue weighted by atomic mass is 16.5. The van der Waals surface area contributed by atoms with Crippen molar-refractivity contribution in [2.45, 2.75) is 50.7 Å². The SMILES string of the molecule is CCN(C(C)CN(C)C)C1CCC(N)(C(=O)OC)C1. The van der Waals surface area contributed by atoms with Crippen LogP contribution in [-0.4, -0.2) is 67.7 Å². The average Bonchev–Trinajstić information content (AvgIpc) is 2.72. The number of rotatable bonds is 6. The lowest BCUT2D eigenvalue weighted by Crippen LogP contribution is -2.50. The number of nitrogens with zero attached hydrogens (tertiary/aromatic N) is 2. The van der Waals surface area contributed by atoms with Crippen LogP contribution in [0.4, 0.5) is 0 Å². The van der Waals surface area contributed by atoms with Gasteiger partial charge in [0.25, 0.3) is 0 Å². The van der Waals surface area contributed by atoms with Crippen molar-refractivity contribution < 1.29 is 9.53 Å². The minimum absolute atomic E-state index is 0.272. The average molecular weight is 271 g/mol. The third-order valence-corrected chi connectivity index (χ3v) is 4.15. The van der Waals surface area contributed by atoms with E-state index in [1.54, 1.807) is 0 Å². The fourth-order valence-corrected chi connectivity index (χ4v) is 3.28. The van der Waals surface area contributed by atoms with Crippen LogP contribution in [0.5, 0.6) is 0 Å². The molecule has 5 nitrogen and oxygen atoms in total. The van der Waals surface area contributed by atoms with Gasteiger partial charge in [0.1, 0.15) is 5.54 Å². The zero-order chi connectivity index (χ0) is 14.6. The quantitative estimate of drug-likeness (QED) is 0.720. The maximum Gasteiger partial charge on any atom is 0.325 e. The number of likely N-dealkylation sites (N-methyl/N-ethyl adjacent to an activating group) is 2. The van der Waals surface area contributed by atoms with Crippen molar-refractivity contribution in [1.29, 1.82) is 0 Å². The largest absolute Gasteiger partial charge is 0.468 e. The van der Waals surface area contributed by atoms with Crippen LogP contribution in [0, 0.1) is 0 Å². The van der Waals surface area contributed by atoms with E-state index in [4.69, 9.17) is 10.5 Å². The van der Waals surface area contributed by atoms with Crippen LogP contribution in [0.15, 0.2) is 0 Å². The van der Waals surface area contributed by atoms with Gasteiger partial charge in [-0.3, -0.25) is 9.69 Å². The maximum absolute atomic E-state index is 11.8. The van der Waals surface area contributed by atoms with Gasteiger partial charge in [-0.2, -0.15) is 0 Å². The van der Waals surface area contributed by atoms with Crippen LogP contribution < -0.4 is 5.73 Å². The Kier molecular flexibility index (Phi) is 5.77. The number of nitrogens with two attached hydrogens (primary N) is 1. The van der Waals surface area contributed by atoms with Gasteiger partial charge in [-0.05, 0) is 46.8 Å². The Labute approximate surface area is 117 Å². The smallest absolute Gasteiger partial charge is 0.325 e. The third-order valence-electron chi connectivity index (χ3n) is 4.15. The standard InChI is InChI=1S/C14H29N3O2/c1-6-17(11(2)10-16(3)4)12-7-8-14(15,9-12)13(18)19-5/h11-12H,6-10,15H2,1-5H3. The Morgan fingerprint density at radius 1 is 1.53 bits per heavy atom. The lowest BCUT2D eigenvalue weighted by molar-refractivity contribution is -0.147. The van der Waals surface area contributed by atoms with Gasteiger partial charge in [0, 0.05) is 18.6 Å². The minimum atomic E-state index is -0.787. The van der Waals surface area contributed by atoms with Crippen LogP contribution in [0.2, 0.25) is 0 Å². The van der Waals surface area contributed by atoms with Gasteiger partial charge in [-0.15, -0.1) is 0 Å². The van der Waals surface area contributed by atoms with Crippen LogP contribution >= 0.6 is 0 Å². The van der Waals surface area contributed by atoms with E-state index in [9.17, 15) is 4.79 Å². The van der Waals surface area contributed by atoms with E-state index < -0.39 is 5.54 Å². The molecule has 0 aromatic rings. The molecule has 0 saturated heterocycles. The van der Waals surface area contributed by atoms with Gasteiger partial charge in [0.15, 0.2) is 0 Å². The molecule has 1 saturated carbocycles. The molecule has 1 aliphatic carbocycles. The highest BCUT2D eigenvalue weighted by Gasteiger charge is 2.45. The Morgan fingerprint density at radius 2 is 2.16 bits per heavy atom. The molecule has 112 valence electrons. The van der Waals surface area contributed by atoms with E-state index in [-0.39, 0.29) is 5.97 Å². The first-order valence-corrected chi connectivity index (χ1v) is 7.11. The molecular weight excluding hydrogens is 242 g/mol. The number of ether oxygens (including phenoxy) is 1. The Bertz CT molecular complexity index is 309. The maximum atomic E-state index is 11.8. The van der Waals surface area contributed by atoms with E-state index in [0.29, 0.717) is 18.5 Å². The summed E-state index contributed by atoms with van der Waals surface area (Å²) in [7, 11) is 5.58. The molecule has 0 radical (unpaired) electrons. The molecule has 0 amide bonds. The summed E-state index contributed by atoms with van der Waals surface area (Å²) in [5.41, 5.74) is 5.40. The molecule has 0 aromatic carbocycles. The normalized spacial score (nSPS) is 28.9. The van der Waals surface area contributed by atoms with Gasteiger partial charge in [0.2, 0.25) is 0 Å². The predicted molar refractivity (Wildman–Crippen MR) is 77.0 cm³/mol. The number of carbonyl (C=O) groups is 1. The van der Waals surface area contributed by atoms with Gasteiger partial charge in [-0.25, -0.2) is 0 Å². The van der Waals surface area contributed by atoms with Crippen LogP contribution in [0.25, 0.3) is 0 Å². The first-order chi connectivity index (χ1) is 8.84. The van der Waals surface area contributed by atoms with Crippen LogP contribution in [0.3, 0.4) is 0 Å². The van der Waals surface area contributed by atoms with E-state index >= 15 is 0 Å². The van der Waals surface area contributed by atoms with E-state index in [0.717, 1.165) is 25.9 Å². The van der Waals surface area contributed by atoms with Crippen molar-refractivity contribution in [3.8, 4) is 0 Å². The zero-order valence-electron chi connectivity index (χ0n) is 13.0. The summed E-state index contributed by atoms with van der Waals surface area (Å²) in [5.74, 6) is -0.272. The lowest BCUT2D eigenvalue weighted by atomic mass is 9.99. The highest BCUT2D eigenvalue weighted by Crippen LogP contribution is 2.33. The molecule has 19 heavy (non-hydrogen) atoms. The minimum Gasteiger partial charge on any atom is -0.468 e. The fraction of sp³-hybridized carbons (Fsp3) is 0.929. The Balaban J connectivity index is 2.67. The van der Waals surface area contributed by atoms with E-state index in [1.807, 2.05) is 0 Å². The molecule has 5 heteroatoms. The Morgan fingerprint density at radius 3 is 2.63 bits per heavy atom. The van der Waals surface area contributed by atoms with E-state index in [1.165, 1.54) is 7.11 Å². The summed E-state index contributed by atoms with van der Waals surface area (Å²) >= 11 is 0. The molecule has 0 bridgehead atoms. The zero-order valence-corrected chi connectivity index (χ0v) is 13.0. The van der Waals surface area contributed by atoms with Crippen LogP contribution in [-0.2, 0) is 9.53 Å². The lowest BCUT2D eigenvalue weighted by Gasteiger charge is -2.35. The molecule has 0 spiro atoms. The van der Waals surface area contributed by atoms with Crippen molar-refractivity contribution in [2.24, 2.45) is 5.73 Å². The summed E-state index contributed by atoms with van der Waals surface area (Å²) in [6, 6.07) is 0.842. The first-order valence-electron chi connectivity index (χ1n) is 7.11. The molecule has 0 aromatic heterocycles. The molecule has 2 N–H and O–H groups in total. The molecule has 1 aliphatic rings. The summed E-state index contributed by atoms with van der Waals surface area (Å²) in [4.78, 5) is 16.4. The van der Waals surface area contributed by atoms with Gasteiger partial charge in [0.05, 0.1) is 7.11 Å². The molecule has 3 unspecified atom stereocenters. The fourth-order valence-electron chi connectivity index (χ4n) is 3.28. The first kappa shape index (κ1) is 16.4. The topological polar surface area (TPSA) is 58.8 Å². The number of esters is 1. The van der Waals surface area contributed by atoms with E-state index in [2.05, 4.69) is 37.7 Å². The second-order valence-electron chi connectivity index (χ2n) is 5.99. The molecular formula is C14H29N3O2.